The van der Waals surface area contributed by atoms with Crippen molar-refractivity contribution < 1.29 is 0 Å². The molecule has 30 heavy (non-hydrogen) atoms. The quantitative estimate of drug-likeness (QED) is 0.294. The van der Waals surface area contributed by atoms with Crippen molar-refractivity contribution in [2.75, 3.05) is 0 Å². The van der Waals surface area contributed by atoms with Gasteiger partial charge in [-0.3, -0.25) is 9.38 Å². The second-order valence-corrected chi connectivity index (χ2v) is 8.58. The fourth-order valence-corrected chi connectivity index (χ4v) is 5.78. The molecule has 0 saturated heterocycles. The molecule has 7 rings (SSSR count). The van der Waals surface area contributed by atoms with Crippen molar-refractivity contribution >= 4 is 59.1 Å². The van der Waals surface area contributed by atoms with Crippen LogP contribution in [0.5, 0.6) is 0 Å². The average molecular weight is 401 g/mol. The molecular weight excluding hydrogens is 386 g/mol. The number of thiophene rings is 1. The first-order valence-corrected chi connectivity index (χ1v) is 10.7. The molecule has 0 N–H and O–H groups in total. The Balaban J connectivity index is 1.62. The van der Waals surface area contributed by atoms with Gasteiger partial charge in [0.05, 0.1) is 16.6 Å². The fraction of sp³-hybridized carbons (Fsp3) is 0. The van der Waals surface area contributed by atoms with E-state index in [2.05, 4.69) is 88.2 Å². The van der Waals surface area contributed by atoms with E-state index in [4.69, 9.17) is 4.98 Å². The number of rotatable bonds is 1. The molecule has 7 aromatic rings. The maximum Gasteiger partial charge on any atom is 0.138 e. The minimum atomic E-state index is 0.958. The van der Waals surface area contributed by atoms with E-state index in [1.165, 1.54) is 31.3 Å². The van der Waals surface area contributed by atoms with E-state index in [1.54, 1.807) is 0 Å². The predicted octanol–water partition coefficient (Wildman–Crippen LogP) is 7.07. The molecule has 0 aliphatic rings. The van der Waals surface area contributed by atoms with Crippen molar-refractivity contribution in [2.24, 2.45) is 0 Å². The lowest BCUT2D eigenvalue weighted by molar-refractivity contribution is 1.27. The summed E-state index contributed by atoms with van der Waals surface area (Å²) in [5, 5.41) is 3.74. The zero-order valence-electron chi connectivity index (χ0n) is 15.9. The molecule has 0 aliphatic heterocycles. The molecule has 0 spiro atoms. The molecule has 140 valence electrons. The Hall–Kier alpha value is -3.76. The van der Waals surface area contributed by atoms with Gasteiger partial charge in [0.15, 0.2) is 0 Å². The topological polar surface area (TPSA) is 30.2 Å². The summed E-state index contributed by atoms with van der Waals surface area (Å²) in [6, 6.07) is 28.0. The molecule has 0 saturated carbocycles. The van der Waals surface area contributed by atoms with Crippen LogP contribution in [-0.2, 0) is 0 Å². The van der Waals surface area contributed by atoms with Gasteiger partial charge in [-0.05, 0) is 30.3 Å². The molecule has 4 heteroatoms. The Morgan fingerprint density at radius 2 is 1.57 bits per heavy atom. The highest BCUT2D eigenvalue weighted by atomic mass is 32.1. The van der Waals surface area contributed by atoms with E-state index in [1.807, 2.05) is 23.7 Å². The standard InChI is InChI=1S/C26H15N3S/c1-2-10-23-17(5-1)19-7-3-8-20(26(19)30-23)18-6-4-9-22-25(18)28-24-12-11-16-15-27-14-13-21(16)29(22)24/h1-15H. The summed E-state index contributed by atoms with van der Waals surface area (Å²) in [6.07, 6.45) is 3.75. The van der Waals surface area contributed by atoms with E-state index in [9.17, 15) is 0 Å². The van der Waals surface area contributed by atoms with Crippen molar-refractivity contribution in [2.45, 2.75) is 0 Å². The number of fused-ring (bicyclic) bond motifs is 8. The van der Waals surface area contributed by atoms with Gasteiger partial charge >= 0.3 is 0 Å². The van der Waals surface area contributed by atoms with Crippen molar-refractivity contribution in [3.8, 4) is 11.1 Å². The molecule has 4 heterocycles. The molecule has 0 unspecified atom stereocenters. The van der Waals surface area contributed by atoms with E-state index < -0.39 is 0 Å². The average Bonchev–Trinajstić information content (AvgIpc) is 3.37. The van der Waals surface area contributed by atoms with Gasteiger partial charge in [0.2, 0.25) is 0 Å². The van der Waals surface area contributed by atoms with Crippen LogP contribution in [0.3, 0.4) is 0 Å². The molecule has 0 fully saturated rings. The van der Waals surface area contributed by atoms with E-state index in [-0.39, 0.29) is 0 Å². The Morgan fingerprint density at radius 3 is 2.57 bits per heavy atom. The molecule has 0 atom stereocenters. The van der Waals surface area contributed by atoms with Crippen LogP contribution in [-0.4, -0.2) is 14.4 Å². The van der Waals surface area contributed by atoms with Crippen LogP contribution in [0.25, 0.3) is 58.9 Å². The lowest BCUT2D eigenvalue weighted by Gasteiger charge is -2.06. The highest BCUT2D eigenvalue weighted by Gasteiger charge is 2.15. The number of imidazole rings is 1. The number of aromatic nitrogens is 3. The summed E-state index contributed by atoms with van der Waals surface area (Å²) >= 11 is 1.86. The van der Waals surface area contributed by atoms with E-state index in [0.29, 0.717) is 0 Å². The lowest BCUT2D eigenvalue weighted by atomic mass is 10.0. The molecule has 0 bridgehead atoms. The van der Waals surface area contributed by atoms with Crippen LogP contribution < -0.4 is 0 Å². The van der Waals surface area contributed by atoms with Crippen LogP contribution in [0.1, 0.15) is 0 Å². The molecule has 0 amide bonds. The molecule has 3 nitrogen and oxygen atoms in total. The Kier molecular flexibility index (Phi) is 3.15. The van der Waals surface area contributed by atoms with Gasteiger partial charge in [-0.15, -0.1) is 11.3 Å². The third-order valence-electron chi connectivity index (χ3n) is 5.89. The largest absolute Gasteiger partial charge is 0.292 e. The summed E-state index contributed by atoms with van der Waals surface area (Å²) in [5.41, 5.74) is 6.66. The van der Waals surface area contributed by atoms with E-state index in [0.717, 1.165) is 27.6 Å². The lowest BCUT2D eigenvalue weighted by Crippen LogP contribution is -1.88. The van der Waals surface area contributed by atoms with Gasteiger partial charge in [-0.25, -0.2) is 4.98 Å². The number of benzene rings is 3. The van der Waals surface area contributed by atoms with Crippen molar-refractivity contribution in [3.63, 3.8) is 0 Å². The monoisotopic (exact) mass is 401 g/mol. The summed E-state index contributed by atoms with van der Waals surface area (Å²) in [5.74, 6) is 0. The number of nitrogens with zero attached hydrogens (tertiary/aromatic N) is 3. The molecule has 3 aromatic carbocycles. The minimum Gasteiger partial charge on any atom is -0.292 e. The number of para-hydroxylation sites is 1. The number of hydrogen-bond acceptors (Lipinski definition) is 3. The number of pyridine rings is 2. The molecule has 0 aliphatic carbocycles. The number of hydrogen-bond donors (Lipinski definition) is 0. The van der Waals surface area contributed by atoms with Gasteiger partial charge in [-0.2, -0.15) is 0 Å². The Labute approximate surface area is 175 Å². The molecular formula is C26H15N3S. The summed E-state index contributed by atoms with van der Waals surface area (Å²) in [7, 11) is 0. The summed E-state index contributed by atoms with van der Waals surface area (Å²) in [6.45, 7) is 0. The highest BCUT2D eigenvalue weighted by Crippen LogP contribution is 2.41. The van der Waals surface area contributed by atoms with Crippen molar-refractivity contribution in [1.82, 2.24) is 14.4 Å². The van der Waals surface area contributed by atoms with Crippen LogP contribution in [0.2, 0.25) is 0 Å². The highest BCUT2D eigenvalue weighted by molar-refractivity contribution is 7.26. The van der Waals surface area contributed by atoms with E-state index >= 15 is 0 Å². The van der Waals surface area contributed by atoms with Crippen LogP contribution in [0.15, 0.2) is 91.3 Å². The first kappa shape index (κ1) is 16.1. The van der Waals surface area contributed by atoms with Gasteiger partial charge in [0, 0.05) is 49.1 Å². The molecule has 4 aromatic heterocycles. The zero-order valence-corrected chi connectivity index (χ0v) is 16.7. The van der Waals surface area contributed by atoms with Crippen LogP contribution >= 0.6 is 11.3 Å². The van der Waals surface area contributed by atoms with Gasteiger partial charge < -0.3 is 0 Å². The first-order valence-electron chi connectivity index (χ1n) is 9.93. The third kappa shape index (κ3) is 2.09. The SMILES string of the molecule is c1ccc2c(c1)sc1c(-c3cccc4c3nc3ccc5cnccc5n34)cccc12. The first-order chi connectivity index (χ1) is 14.9. The minimum absolute atomic E-state index is 0.958. The maximum atomic E-state index is 5.05. The van der Waals surface area contributed by atoms with Crippen LogP contribution in [0, 0.1) is 0 Å². The maximum absolute atomic E-state index is 5.05. The second kappa shape index (κ2) is 5.88. The van der Waals surface area contributed by atoms with Gasteiger partial charge in [0.1, 0.15) is 5.65 Å². The normalized spacial score (nSPS) is 12.0. The van der Waals surface area contributed by atoms with Crippen LogP contribution in [0.4, 0.5) is 0 Å². The zero-order chi connectivity index (χ0) is 19.7. The molecule has 0 radical (unpaired) electrons. The van der Waals surface area contributed by atoms with Crippen molar-refractivity contribution in [3.05, 3.63) is 91.3 Å². The smallest absolute Gasteiger partial charge is 0.138 e. The van der Waals surface area contributed by atoms with Gasteiger partial charge in [-0.1, -0.05) is 48.5 Å². The van der Waals surface area contributed by atoms with Gasteiger partial charge in [0.25, 0.3) is 0 Å². The second-order valence-electron chi connectivity index (χ2n) is 7.53. The van der Waals surface area contributed by atoms with Crippen molar-refractivity contribution in [1.29, 1.82) is 0 Å². The fourth-order valence-electron chi connectivity index (χ4n) is 4.55. The summed E-state index contributed by atoms with van der Waals surface area (Å²) < 4.78 is 4.87. The summed E-state index contributed by atoms with van der Waals surface area (Å²) in [4.78, 5) is 9.32. The Morgan fingerprint density at radius 1 is 0.700 bits per heavy atom. The predicted molar refractivity (Wildman–Crippen MR) is 126 cm³/mol. The Bertz CT molecular complexity index is 1760. The third-order valence-corrected chi connectivity index (χ3v) is 7.11.